The summed E-state index contributed by atoms with van der Waals surface area (Å²) in [6.07, 6.45) is 1.72. The number of hydrogen-bond donors (Lipinski definition) is 2. The lowest BCUT2D eigenvalue weighted by Crippen LogP contribution is -2.16. The highest BCUT2D eigenvalue weighted by molar-refractivity contribution is 7.99. The van der Waals surface area contributed by atoms with E-state index in [9.17, 15) is 13.2 Å². The average molecular weight is 367 g/mol. The molecule has 10 heteroatoms. The number of amides is 1. The Morgan fingerprint density at radius 3 is 2.88 bits per heavy atom. The van der Waals surface area contributed by atoms with E-state index in [0.717, 1.165) is 5.82 Å². The second kappa shape index (κ2) is 7.60. The van der Waals surface area contributed by atoms with E-state index in [4.69, 9.17) is 5.14 Å². The fraction of sp³-hybridized carbons (Fsp3) is 0.214. The summed E-state index contributed by atoms with van der Waals surface area (Å²) in [6.45, 7) is 6.05. The molecule has 3 N–H and O–H groups in total. The number of nitrogens with two attached hydrogens (primary N) is 1. The van der Waals surface area contributed by atoms with E-state index in [1.807, 2.05) is 11.5 Å². The molecule has 0 aliphatic carbocycles. The Morgan fingerprint density at radius 2 is 2.21 bits per heavy atom. The van der Waals surface area contributed by atoms with Gasteiger partial charge >= 0.3 is 0 Å². The fourth-order valence-corrected chi connectivity index (χ4v) is 3.24. The predicted molar refractivity (Wildman–Crippen MR) is 92.1 cm³/mol. The van der Waals surface area contributed by atoms with Crippen LogP contribution in [0.1, 0.15) is 5.82 Å². The lowest BCUT2D eigenvalue weighted by Gasteiger charge is -2.07. The Labute approximate surface area is 144 Å². The summed E-state index contributed by atoms with van der Waals surface area (Å²) in [5.41, 5.74) is 0.357. The van der Waals surface area contributed by atoms with E-state index < -0.39 is 10.0 Å². The average Bonchev–Trinajstić information content (AvgIpc) is 2.86. The van der Waals surface area contributed by atoms with Crippen molar-refractivity contribution in [1.82, 2.24) is 14.8 Å². The molecule has 0 saturated carbocycles. The van der Waals surface area contributed by atoms with Crippen LogP contribution < -0.4 is 10.5 Å². The number of allylic oxidation sites excluding steroid dienone is 1. The molecule has 0 radical (unpaired) electrons. The number of thioether (sulfide) groups is 1. The van der Waals surface area contributed by atoms with Crippen LogP contribution in [0.5, 0.6) is 0 Å². The Bertz CT molecular complexity index is 861. The minimum absolute atomic E-state index is 0.0608. The largest absolute Gasteiger partial charge is 0.325 e. The number of primary sulfonamides is 1. The Hall–Kier alpha value is -2.17. The first-order valence-electron chi connectivity index (χ1n) is 6.87. The molecule has 1 aromatic carbocycles. The number of carbonyl (C=O) groups excluding carboxylic acids is 1. The van der Waals surface area contributed by atoms with Crippen LogP contribution in [0.3, 0.4) is 0 Å². The molecule has 24 heavy (non-hydrogen) atoms. The number of hydrogen-bond acceptors (Lipinski definition) is 6. The van der Waals surface area contributed by atoms with Crippen LogP contribution in [0.4, 0.5) is 5.69 Å². The number of aromatic nitrogens is 3. The smallest absolute Gasteiger partial charge is 0.238 e. The molecular weight excluding hydrogens is 350 g/mol. The minimum Gasteiger partial charge on any atom is -0.325 e. The highest BCUT2D eigenvalue weighted by Gasteiger charge is 2.12. The molecule has 8 nitrogen and oxygen atoms in total. The van der Waals surface area contributed by atoms with Crippen molar-refractivity contribution in [1.29, 1.82) is 0 Å². The summed E-state index contributed by atoms with van der Waals surface area (Å²) in [5.74, 6) is 0.547. The summed E-state index contributed by atoms with van der Waals surface area (Å²) in [7, 11) is -3.81. The van der Waals surface area contributed by atoms with Crippen LogP contribution in [-0.2, 0) is 21.4 Å². The Kier molecular flexibility index (Phi) is 5.75. The number of carbonyl (C=O) groups is 1. The number of benzene rings is 1. The zero-order valence-corrected chi connectivity index (χ0v) is 14.6. The van der Waals surface area contributed by atoms with Gasteiger partial charge in [0.2, 0.25) is 15.9 Å². The Morgan fingerprint density at radius 1 is 1.46 bits per heavy atom. The third-order valence-corrected chi connectivity index (χ3v) is 4.87. The third kappa shape index (κ3) is 4.66. The minimum atomic E-state index is -3.81. The van der Waals surface area contributed by atoms with Crippen molar-refractivity contribution in [3.8, 4) is 0 Å². The lowest BCUT2D eigenvalue weighted by molar-refractivity contribution is -0.113. The number of nitrogens with zero attached hydrogens (tertiary/aromatic N) is 3. The van der Waals surface area contributed by atoms with E-state index in [2.05, 4.69) is 22.1 Å². The zero-order valence-electron chi connectivity index (χ0n) is 13.0. The summed E-state index contributed by atoms with van der Waals surface area (Å²) >= 11 is 1.23. The molecule has 2 rings (SSSR count). The molecule has 0 spiro atoms. The number of rotatable bonds is 7. The number of aryl methyl sites for hydroxylation is 1. The molecule has 1 heterocycles. The molecule has 2 aromatic rings. The van der Waals surface area contributed by atoms with Gasteiger partial charge in [-0.2, -0.15) is 0 Å². The van der Waals surface area contributed by atoms with Crippen molar-refractivity contribution in [2.45, 2.75) is 23.5 Å². The summed E-state index contributed by atoms with van der Waals surface area (Å²) in [5, 5.41) is 16.3. The second-order valence-corrected chi connectivity index (χ2v) is 7.34. The van der Waals surface area contributed by atoms with Gasteiger partial charge in [-0.3, -0.25) is 4.79 Å². The highest BCUT2D eigenvalue weighted by atomic mass is 32.2. The highest BCUT2D eigenvalue weighted by Crippen LogP contribution is 2.18. The monoisotopic (exact) mass is 367 g/mol. The van der Waals surface area contributed by atoms with Gasteiger partial charge in [0.1, 0.15) is 5.82 Å². The topological polar surface area (TPSA) is 120 Å². The fourth-order valence-electron chi connectivity index (χ4n) is 1.89. The summed E-state index contributed by atoms with van der Waals surface area (Å²) in [4.78, 5) is 12.0. The molecule has 0 atom stereocenters. The van der Waals surface area contributed by atoms with Crippen LogP contribution in [0.2, 0.25) is 0 Å². The first-order valence-corrected chi connectivity index (χ1v) is 9.40. The third-order valence-electron chi connectivity index (χ3n) is 2.99. The molecule has 0 bridgehead atoms. The van der Waals surface area contributed by atoms with Crippen molar-refractivity contribution in [2.75, 3.05) is 11.1 Å². The van der Waals surface area contributed by atoms with Crippen LogP contribution in [0.15, 0.2) is 47.0 Å². The second-order valence-electron chi connectivity index (χ2n) is 4.84. The van der Waals surface area contributed by atoms with Gasteiger partial charge in [0.15, 0.2) is 5.16 Å². The van der Waals surface area contributed by atoms with Gasteiger partial charge < -0.3 is 9.88 Å². The van der Waals surface area contributed by atoms with E-state index >= 15 is 0 Å². The van der Waals surface area contributed by atoms with Gasteiger partial charge in [-0.25, -0.2) is 13.6 Å². The molecule has 0 unspecified atom stereocenters. The molecule has 0 aliphatic heterocycles. The van der Waals surface area contributed by atoms with Crippen LogP contribution >= 0.6 is 11.8 Å². The molecule has 1 amide bonds. The van der Waals surface area contributed by atoms with Crippen LogP contribution in [0.25, 0.3) is 0 Å². The van der Waals surface area contributed by atoms with E-state index in [0.29, 0.717) is 17.4 Å². The first kappa shape index (κ1) is 18.2. The maximum atomic E-state index is 12.0. The van der Waals surface area contributed by atoms with Gasteiger partial charge in [0.05, 0.1) is 10.6 Å². The maximum absolute atomic E-state index is 12.0. The van der Waals surface area contributed by atoms with E-state index in [-0.39, 0.29) is 16.6 Å². The first-order chi connectivity index (χ1) is 11.3. The lowest BCUT2D eigenvalue weighted by atomic mass is 10.3. The molecule has 128 valence electrons. The van der Waals surface area contributed by atoms with Gasteiger partial charge in [-0.15, -0.1) is 16.8 Å². The summed E-state index contributed by atoms with van der Waals surface area (Å²) < 4.78 is 24.5. The normalized spacial score (nSPS) is 11.2. The van der Waals surface area contributed by atoms with Crippen molar-refractivity contribution >= 4 is 33.4 Å². The van der Waals surface area contributed by atoms with E-state index in [1.54, 1.807) is 12.1 Å². The standard InChI is InChI=1S/C14H17N5O3S2/c1-3-7-19-10(2)17-18-14(19)23-9-13(20)16-11-5-4-6-12(8-11)24(15,21)22/h3-6,8H,1,7,9H2,2H3,(H,16,20)(H2,15,21,22). The molecule has 0 aliphatic rings. The zero-order chi connectivity index (χ0) is 17.7. The van der Waals surface area contributed by atoms with Gasteiger partial charge in [0, 0.05) is 12.2 Å². The van der Waals surface area contributed by atoms with Crippen molar-refractivity contribution in [2.24, 2.45) is 5.14 Å². The molecular formula is C14H17N5O3S2. The molecule has 1 aromatic heterocycles. The molecule has 0 saturated heterocycles. The van der Waals surface area contributed by atoms with Crippen molar-refractivity contribution in [3.05, 3.63) is 42.7 Å². The van der Waals surface area contributed by atoms with Gasteiger partial charge in [-0.1, -0.05) is 23.9 Å². The van der Waals surface area contributed by atoms with Crippen molar-refractivity contribution < 1.29 is 13.2 Å². The van der Waals surface area contributed by atoms with E-state index in [1.165, 1.54) is 30.0 Å². The van der Waals surface area contributed by atoms with Gasteiger partial charge in [-0.05, 0) is 25.1 Å². The predicted octanol–water partition coefficient (Wildman–Crippen LogP) is 1.15. The van der Waals surface area contributed by atoms with Crippen LogP contribution in [0, 0.1) is 6.92 Å². The number of sulfonamides is 1. The van der Waals surface area contributed by atoms with Crippen molar-refractivity contribution in [3.63, 3.8) is 0 Å². The number of nitrogens with one attached hydrogen (secondary N) is 1. The maximum Gasteiger partial charge on any atom is 0.238 e. The van der Waals surface area contributed by atoms with Gasteiger partial charge in [0.25, 0.3) is 0 Å². The Balaban J connectivity index is 2.01. The number of anilines is 1. The SMILES string of the molecule is C=CCn1c(C)nnc1SCC(=O)Nc1cccc(S(N)(=O)=O)c1. The van der Waals surface area contributed by atoms with Crippen LogP contribution in [-0.4, -0.2) is 34.8 Å². The summed E-state index contributed by atoms with van der Waals surface area (Å²) in [6, 6.07) is 5.76. The molecule has 0 fully saturated rings. The quantitative estimate of drug-likeness (QED) is 0.559.